The van der Waals surface area contributed by atoms with E-state index in [0.29, 0.717) is 0 Å². The van der Waals surface area contributed by atoms with Crippen molar-refractivity contribution in [2.45, 2.75) is 49.1 Å². The molecular weight excluding hydrogens is 552 g/mol. The largest absolute Gasteiger partial charge is 0.469 e. The first-order chi connectivity index (χ1) is 17.6. The van der Waals surface area contributed by atoms with Crippen LogP contribution in [0.3, 0.4) is 0 Å². The number of imidazole rings is 1. The number of nitrogens with zero attached hydrogens (tertiary/aromatic N) is 3. The van der Waals surface area contributed by atoms with Crippen LogP contribution in [0.25, 0.3) is 0 Å². The van der Waals surface area contributed by atoms with Crippen molar-refractivity contribution in [3.05, 3.63) is 17.7 Å². The number of amides is 1. The van der Waals surface area contributed by atoms with Gasteiger partial charge in [-0.15, -0.1) is 0 Å². The van der Waals surface area contributed by atoms with E-state index in [4.69, 9.17) is 37.1 Å². The maximum absolute atomic E-state index is 12.0. The van der Waals surface area contributed by atoms with E-state index in [1.807, 2.05) is 0 Å². The number of carbonyl (C=O) groups is 1. The van der Waals surface area contributed by atoms with Crippen molar-refractivity contribution in [1.82, 2.24) is 9.55 Å². The summed E-state index contributed by atoms with van der Waals surface area (Å²) >= 11 is 0. The van der Waals surface area contributed by atoms with Gasteiger partial charge < -0.3 is 60.9 Å². The first-order valence-corrected chi connectivity index (χ1v) is 13.1. The van der Waals surface area contributed by atoms with E-state index in [9.17, 15) is 34.4 Å². The number of aliphatic imine (C=N–C) groups is 1. The number of aliphatic hydroxyl groups excluding tert-OH is 4. The molecule has 3 heterocycles. The zero-order valence-corrected chi connectivity index (χ0v) is 20.2. The van der Waals surface area contributed by atoms with Gasteiger partial charge in [0.2, 0.25) is 1.43 Å². The summed E-state index contributed by atoms with van der Waals surface area (Å²) in [5.41, 5.74) is 10.4. The SMILES string of the molecule is [2H]OP(=O)(O)OC[C@H]1OC(/N=C(\N)c2c(C(N)=O)ncn2C2O[C@H](COP(=O)(O)O)[C@@H](O)[C@H]2O)[C@H](O)[C@@H]1O. The highest BCUT2D eigenvalue weighted by Crippen LogP contribution is 2.39. The fourth-order valence-electron chi connectivity index (χ4n) is 3.59. The predicted octanol–water partition coefficient (Wildman–Crippen LogP) is -5.03. The molecule has 1 aromatic heterocycles. The summed E-state index contributed by atoms with van der Waals surface area (Å²) in [7, 11) is -9.71. The summed E-state index contributed by atoms with van der Waals surface area (Å²) in [6, 6.07) is 0. The minimum Gasteiger partial charge on any atom is -0.387 e. The molecule has 0 aliphatic carbocycles. The van der Waals surface area contributed by atoms with Crippen molar-refractivity contribution >= 4 is 27.4 Å². The topological polar surface area (TPSA) is 332 Å². The monoisotopic (exact) mass is 578 g/mol. The van der Waals surface area contributed by atoms with Crippen molar-refractivity contribution in [3.8, 4) is 0 Å². The predicted molar refractivity (Wildman–Crippen MR) is 114 cm³/mol. The average Bonchev–Trinajstić information content (AvgIpc) is 3.47. The van der Waals surface area contributed by atoms with Crippen molar-refractivity contribution in [1.29, 1.82) is 1.43 Å². The second kappa shape index (κ2) is 11.1. The third-order valence-corrected chi connectivity index (χ3v) is 6.25. The Labute approximate surface area is 208 Å². The van der Waals surface area contributed by atoms with Crippen LogP contribution >= 0.6 is 15.6 Å². The molecule has 0 aromatic carbocycles. The molecule has 2 fully saturated rings. The number of carbonyl (C=O) groups excluding carboxylic acids is 1. The van der Waals surface area contributed by atoms with Gasteiger partial charge in [0.05, 0.1) is 19.5 Å². The number of primary amides is 1. The van der Waals surface area contributed by atoms with E-state index >= 15 is 0 Å². The van der Waals surface area contributed by atoms with Crippen molar-refractivity contribution in [2.75, 3.05) is 13.2 Å². The van der Waals surface area contributed by atoms with E-state index in [-0.39, 0.29) is 0 Å². The van der Waals surface area contributed by atoms with Gasteiger partial charge in [-0.25, -0.2) is 19.1 Å². The number of nitrogens with two attached hydrogens (primary N) is 2. The maximum atomic E-state index is 12.0. The lowest BCUT2D eigenvalue weighted by Crippen LogP contribution is -2.35. The van der Waals surface area contributed by atoms with Gasteiger partial charge in [-0.05, 0) is 0 Å². The molecule has 0 bridgehead atoms. The van der Waals surface area contributed by atoms with Crippen LogP contribution in [0.2, 0.25) is 0 Å². The van der Waals surface area contributed by atoms with E-state index < -0.39 is 101 Å². The highest BCUT2D eigenvalue weighted by atomic mass is 31.2. The Balaban J connectivity index is 1.86. The van der Waals surface area contributed by atoms with Gasteiger partial charge in [-0.3, -0.25) is 18.4 Å². The normalized spacial score (nSPS) is 34.9. The molecule has 22 heteroatoms. The van der Waals surface area contributed by atoms with Gasteiger partial charge >= 0.3 is 15.6 Å². The van der Waals surface area contributed by atoms with Crippen LogP contribution in [0.4, 0.5) is 0 Å². The number of aliphatic hydroxyl groups is 4. The van der Waals surface area contributed by atoms with Crippen LogP contribution in [0.15, 0.2) is 11.3 Å². The van der Waals surface area contributed by atoms with E-state index in [0.717, 1.165) is 10.9 Å². The second-order valence-electron chi connectivity index (χ2n) is 7.87. The number of phosphoric acid groups is 2. The molecule has 0 saturated carbocycles. The summed E-state index contributed by atoms with van der Waals surface area (Å²) in [5.74, 6) is -1.73. The van der Waals surface area contributed by atoms with Crippen LogP contribution in [0.5, 0.6) is 0 Å². The van der Waals surface area contributed by atoms with Gasteiger partial charge in [0.15, 0.2) is 18.1 Å². The quantitative estimate of drug-likeness (QED) is 0.0667. The minimum atomic E-state index is -4.94. The van der Waals surface area contributed by atoms with E-state index in [2.05, 4.69) is 23.9 Å². The fraction of sp³-hybridized carbons (Fsp3) is 0.667. The average molecular weight is 578 g/mol. The smallest absolute Gasteiger partial charge is 0.387 e. The second-order valence-corrected chi connectivity index (χ2v) is 10.3. The Morgan fingerprint density at radius 1 is 1.03 bits per heavy atom. The van der Waals surface area contributed by atoms with Crippen LogP contribution in [-0.2, 0) is 27.7 Å². The zero-order chi connectivity index (χ0) is 28.6. The lowest BCUT2D eigenvalue weighted by atomic mass is 10.1. The van der Waals surface area contributed by atoms with Crippen molar-refractivity contribution < 1.29 is 72.4 Å². The van der Waals surface area contributed by atoms with Gasteiger partial charge in [-0.1, -0.05) is 0 Å². The molecule has 12 N–H and O–H groups in total. The highest BCUT2D eigenvalue weighted by molar-refractivity contribution is 7.46. The Bertz CT molecular complexity index is 1150. The Hall–Kier alpha value is -1.87. The molecule has 3 rings (SSSR count). The first-order valence-electron chi connectivity index (χ1n) is 10.5. The molecule has 0 spiro atoms. The van der Waals surface area contributed by atoms with Crippen LogP contribution in [0.1, 0.15) is 22.4 Å². The molecule has 2 saturated heterocycles. The van der Waals surface area contributed by atoms with Crippen LogP contribution in [0, 0.1) is 0 Å². The van der Waals surface area contributed by atoms with Crippen molar-refractivity contribution in [3.63, 3.8) is 0 Å². The lowest BCUT2D eigenvalue weighted by molar-refractivity contribution is -0.0523. The van der Waals surface area contributed by atoms with E-state index in [1.54, 1.807) is 0 Å². The highest BCUT2D eigenvalue weighted by Gasteiger charge is 2.47. The van der Waals surface area contributed by atoms with Gasteiger partial charge in [0.1, 0.15) is 48.2 Å². The van der Waals surface area contributed by atoms with Crippen LogP contribution < -0.4 is 11.5 Å². The summed E-state index contributed by atoms with van der Waals surface area (Å²) in [6.45, 7) is -1.63. The Kier molecular flexibility index (Phi) is 8.43. The van der Waals surface area contributed by atoms with E-state index in [1.165, 1.54) is 0 Å². The summed E-state index contributed by atoms with van der Waals surface area (Å²) < 4.78 is 49.1. The number of amidine groups is 1. The zero-order valence-electron chi connectivity index (χ0n) is 19.4. The molecule has 210 valence electrons. The number of aromatic nitrogens is 2. The third kappa shape index (κ3) is 6.96. The molecule has 1 amide bonds. The molecule has 2 aliphatic rings. The summed E-state index contributed by atoms with van der Waals surface area (Å²) in [5, 5.41) is 41.1. The van der Waals surface area contributed by atoms with Gasteiger partial charge in [0.25, 0.3) is 5.91 Å². The summed E-state index contributed by atoms with van der Waals surface area (Å²) in [6.07, 6.45) is -12.1. The summed E-state index contributed by atoms with van der Waals surface area (Å²) in [4.78, 5) is 50.0. The molecule has 2 aliphatic heterocycles. The molecule has 0 radical (unpaired) electrons. The molecule has 37 heavy (non-hydrogen) atoms. The lowest BCUT2D eigenvalue weighted by Gasteiger charge is -2.20. The first kappa shape index (κ1) is 28.1. The molecule has 1 aromatic rings. The Morgan fingerprint density at radius 3 is 2.16 bits per heavy atom. The van der Waals surface area contributed by atoms with Crippen molar-refractivity contribution in [2.24, 2.45) is 16.5 Å². The maximum Gasteiger partial charge on any atom is 0.469 e. The van der Waals surface area contributed by atoms with Gasteiger partial charge in [0, 0.05) is 0 Å². The number of rotatable bonds is 11. The standard InChI is InChI=1S/C15H25N5O15P2/c16-12(19-14-10(23)8(21)4(34-14)1-32-36(26,27)28)7-6(13(17)25)18-3-20(7)15-11(24)9(22)5(35-15)2-33-37(29,30)31/h3-5,8-11,14-15,21-24H,1-2H2,(H2,16,19)(H2,17,25)(H2,26,27,28)(H2,29,30,31)/t4-,5-,8-,9-,10-,11-,14?,15?/m1/s1/i/hD. The van der Waals surface area contributed by atoms with Crippen LogP contribution in [-0.4, -0.2) is 119 Å². The minimum absolute atomic E-state index is 0.391. The fourth-order valence-corrected chi connectivity index (χ4v) is 4.27. The number of hydrogen-bond donors (Lipinski definition) is 10. The number of hydrogen-bond acceptors (Lipinski definition) is 14. The molecular formula is C15H25N5O15P2. The third-order valence-electron chi connectivity index (χ3n) is 5.29. The molecule has 3 unspecified atom stereocenters. The molecule has 9 atom stereocenters. The van der Waals surface area contributed by atoms with Gasteiger partial charge in [-0.2, -0.15) is 0 Å². The number of ether oxygens (including phenoxy) is 2. The number of phosphoric ester groups is 2. The molecule has 20 nitrogen and oxygen atoms in total. The Morgan fingerprint density at radius 2 is 1.59 bits per heavy atom.